The maximum atomic E-state index is 8.13. The highest BCUT2D eigenvalue weighted by molar-refractivity contribution is 6.29. The first-order valence-corrected chi connectivity index (χ1v) is 5.27. The number of halogens is 1. The summed E-state index contributed by atoms with van der Waals surface area (Å²) in [6.07, 6.45) is 5.15. The van der Waals surface area contributed by atoms with Gasteiger partial charge in [0, 0.05) is 11.5 Å². The lowest BCUT2D eigenvalue weighted by molar-refractivity contribution is 1.22. The molecule has 0 spiro atoms. The van der Waals surface area contributed by atoms with Crippen LogP contribution >= 0.6 is 11.6 Å². The first-order valence-electron chi connectivity index (χ1n) is 4.89. The van der Waals surface area contributed by atoms with Gasteiger partial charge in [0.1, 0.15) is 5.15 Å². The van der Waals surface area contributed by atoms with Crippen LogP contribution in [0.3, 0.4) is 0 Å². The first kappa shape index (κ1) is 11.4. The summed E-state index contributed by atoms with van der Waals surface area (Å²) in [7, 11) is 0. The van der Waals surface area contributed by atoms with Crippen LogP contribution in [-0.2, 0) is 0 Å². The van der Waals surface area contributed by atoms with Crippen molar-refractivity contribution < 1.29 is 0 Å². The molecule has 2 aromatic rings. The highest BCUT2D eigenvalue weighted by Gasteiger charge is 1.98. The Bertz CT molecular complexity index is 616. The van der Waals surface area contributed by atoms with E-state index in [2.05, 4.69) is 20.0 Å². The van der Waals surface area contributed by atoms with E-state index in [1.807, 2.05) is 24.3 Å². The number of hydrogen-bond donors (Lipinski definition) is 0. The second-order valence-electron chi connectivity index (χ2n) is 3.26. The van der Waals surface area contributed by atoms with E-state index < -0.39 is 0 Å². The summed E-state index contributed by atoms with van der Waals surface area (Å²) >= 11 is 5.77. The van der Waals surface area contributed by atoms with Gasteiger partial charge in [-0.3, -0.25) is 4.98 Å². The number of fused-ring (bicyclic) bond motifs is 1. The van der Waals surface area contributed by atoms with E-state index in [0.717, 1.165) is 16.6 Å². The molecule has 2 rings (SSSR count). The fraction of sp³-hybridized carbons (Fsp3) is 0.0909. The molecule has 6 heteroatoms. The second-order valence-corrected chi connectivity index (χ2v) is 3.64. The van der Waals surface area contributed by atoms with Gasteiger partial charge >= 0.3 is 0 Å². The van der Waals surface area contributed by atoms with Gasteiger partial charge in [0.2, 0.25) is 0 Å². The standard InChI is InChI=1S/C11H8ClN5/c12-11-7-14-9-4-3-8(6-10(9)16-11)2-1-5-15-17-13/h1-4,6-7H,5H2. The van der Waals surface area contributed by atoms with Gasteiger partial charge in [0.25, 0.3) is 0 Å². The molecule has 1 heterocycles. The molecule has 0 saturated carbocycles. The number of benzene rings is 1. The van der Waals surface area contributed by atoms with Crippen LogP contribution in [0.25, 0.3) is 27.6 Å². The zero-order valence-electron chi connectivity index (χ0n) is 8.79. The lowest BCUT2D eigenvalue weighted by atomic mass is 10.2. The highest BCUT2D eigenvalue weighted by Crippen LogP contribution is 2.15. The fourth-order valence-electron chi connectivity index (χ4n) is 1.38. The Hall–Kier alpha value is -2.10. The third kappa shape index (κ3) is 2.93. The van der Waals surface area contributed by atoms with Gasteiger partial charge in [-0.25, -0.2) is 4.98 Å². The monoisotopic (exact) mass is 245 g/mol. The second kappa shape index (κ2) is 5.30. The quantitative estimate of drug-likeness (QED) is 0.471. The van der Waals surface area contributed by atoms with E-state index in [0.29, 0.717) is 11.7 Å². The van der Waals surface area contributed by atoms with E-state index in [1.54, 1.807) is 6.08 Å². The molecule has 0 unspecified atom stereocenters. The van der Waals surface area contributed by atoms with E-state index >= 15 is 0 Å². The molecule has 0 amide bonds. The van der Waals surface area contributed by atoms with E-state index in [4.69, 9.17) is 17.1 Å². The predicted molar refractivity (Wildman–Crippen MR) is 67.6 cm³/mol. The summed E-state index contributed by atoms with van der Waals surface area (Å²) in [6, 6.07) is 5.66. The molecule has 0 N–H and O–H groups in total. The molecule has 0 aliphatic heterocycles. The van der Waals surface area contributed by atoms with E-state index in [-0.39, 0.29) is 0 Å². The van der Waals surface area contributed by atoms with E-state index in [9.17, 15) is 0 Å². The molecule has 1 aromatic carbocycles. The minimum Gasteiger partial charge on any atom is -0.251 e. The summed E-state index contributed by atoms with van der Waals surface area (Å²) in [5, 5.41) is 3.78. The molecule has 0 atom stereocenters. The first-order chi connectivity index (χ1) is 8.29. The summed E-state index contributed by atoms with van der Waals surface area (Å²) in [5.41, 5.74) is 10.6. The molecule has 17 heavy (non-hydrogen) atoms. The topological polar surface area (TPSA) is 74.5 Å². The number of aromatic nitrogens is 2. The SMILES string of the molecule is [N-]=[N+]=NCC=Cc1ccc2ncc(Cl)nc2c1. The Morgan fingerprint density at radius 2 is 2.29 bits per heavy atom. The van der Waals surface area contributed by atoms with Gasteiger partial charge in [0.15, 0.2) is 0 Å². The van der Waals surface area contributed by atoms with Crippen LogP contribution in [0.2, 0.25) is 5.15 Å². The fourth-order valence-corrected chi connectivity index (χ4v) is 1.52. The number of hydrogen-bond acceptors (Lipinski definition) is 3. The average molecular weight is 246 g/mol. The van der Waals surface area contributed by atoms with E-state index in [1.165, 1.54) is 6.20 Å². The van der Waals surface area contributed by atoms with Gasteiger partial charge in [-0.1, -0.05) is 34.9 Å². The molecule has 0 bridgehead atoms. The Kier molecular flexibility index (Phi) is 3.55. The zero-order chi connectivity index (χ0) is 12.1. The van der Waals surface area contributed by atoms with Crippen molar-refractivity contribution in [3.05, 3.63) is 51.6 Å². The van der Waals surface area contributed by atoms with Gasteiger partial charge in [0.05, 0.1) is 17.2 Å². The minimum atomic E-state index is 0.329. The Morgan fingerprint density at radius 1 is 1.41 bits per heavy atom. The summed E-state index contributed by atoms with van der Waals surface area (Å²) in [6.45, 7) is 0.329. The van der Waals surface area contributed by atoms with Crippen molar-refractivity contribution >= 4 is 28.7 Å². The van der Waals surface area contributed by atoms with Crippen molar-refractivity contribution in [3.8, 4) is 0 Å². The molecular weight excluding hydrogens is 238 g/mol. The van der Waals surface area contributed by atoms with Crippen LogP contribution in [0.1, 0.15) is 5.56 Å². The number of rotatable bonds is 3. The van der Waals surface area contributed by atoms with Crippen molar-refractivity contribution in [1.82, 2.24) is 9.97 Å². The van der Waals surface area contributed by atoms with Crippen molar-refractivity contribution in [2.75, 3.05) is 6.54 Å². The summed E-state index contributed by atoms with van der Waals surface area (Å²) in [4.78, 5) is 11.0. The highest BCUT2D eigenvalue weighted by atomic mass is 35.5. The third-order valence-electron chi connectivity index (χ3n) is 2.10. The lowest BCUT2D eigenvalue weighted by Crippen LogP contribution is -1.84. The summed E-state index contributed by atoms with van der Waals surface area (Å²) < 4.78 is 0. The molecule has 0 aliphatic rings. The predicted octanol–water partition coefficient (Wildman–Crippen LogP) is 3.61. The van der Waals surface area contributed by atoms with Crippen LogP contribution in [0.5, 0.6) is 0 Å². The van der Waals surface area contributed by atoms with Crippen LogP contribution in [0, 0.1) is 0 Å². The van der Waals surface area contributed by atoms with Gasteiger partial charge in [-0.15, -0.1) is 0 Å². The maximum absolute atomic E-state index is 8.13. The van der Waals surface area contributed by atoms with Gasteiger partial charge in [-0.2, -0.15) is 0 Å². The lowest BCUT2D eigenvalue weighted by Gasteiger charge is -1.98. The Morgan fingerprint density at radius 3 is 3.12 bits per heavy atom. The molecule has 1 aromatic heterocycles. The molecular formula is C11H8ClN5. The largest absolute Gasteiger partial charge is 0.251 e. The molecule has 0 fully saturated rings. The van der Waals surface area contributed by atoms with Crippen LogP contribution in [-0.4, -0.2) is 16.5 Å². The Labute approximate surface area is 102 Å². The maximum Gasteiger partial charge on any atom is 0.148 e. The van der Waals surface area contributed by atoms with Gasteiger partial charge in [-0.05, 0) is 23.2 Å². The zero-order valence-corrected chi connectivity index (χ0v) is 9.54. The summed E-state index contributed by atoms with van der Waals surface area (Å²) in [5.74, 6) is 0. The molecule has 0 saturated heterocycles. The molecule has 5 nitrogen and oxygen atoms in total. The third-order valence-corrected chi connectivity index (χ3v) is 2.28. The molecule has 0 aliphatic carbocycles. The van der Waals surface area contributed by atoms with Crippen molar-refractivity contribution in [2.24, 2.45) is 5.11 Å². The minimum absolute atomic E-state index is 0.329. The van der Waals surface area contributed by atoms with Gasteiger partial charge < -0.3 is 0 Å². The average Bonchev–Trinajstić information content (AvgIpc) is 2.34. The van der Waals surface area contributed by atoms with Crippen LogP contribution < -0.4 is 0 Å². The smallest absolute Gasteiger partial charge is 0.148 e. The number of azide groups is 1. The Balaban J connectivity index is 2.30. The number of nitrogens with zero attached hydrogens (tertiary/aromatic N) is 5. The molecule has 84 valence electrons. The van der Waals surface area contributed by atoms with Crippen LogP contribution in [0.4, 0.5) is 0 Å². The van der Waals surface area contributed by atoms with Crippen molar-refractivity contribution in [1.29, 1.82) is 0 Å². The molecule has 0 radical (unpaired) electrons. The normalized spacial score (nSPS) is 10.6. The van der Waals surface area contributed by atoms with Crippen molar-refractivity contribution in [3.63, 3.8) is 0 Å². The van der Waals surface area contributed by atoms with Crippen molar-refractivity contribution in [2.45, 2.75) is 0 Å². The van der Waals surface area contributed by atoms with Crippen LogP contribution in [0.15, 0.2) is 35.6 Å².